The quantitative estimate of drug-likeness (QED) is 0.643. The summed E-state index contributed by atoms with van der Waals surface area (Å²) in [5, 5.41) is 6.30. The topological polar surface area (TPSA) is 63.2 Å². The first-order valence-electron chi connectivity index (χ1n) is 8.14. The van der Waals surface area contributed by atoms with Crippen LogP contribution in [0.1, 0.15) is 15.9 Å². The summed E-state index contributed by atoms with van der Waals surface area (Å²) in [6.45, 7) is 0.465. The molecule has 0 atom stereocenters. The molecule has 2 N–H and O–H groups in total. The smallest absolute Gasteiger partial charge is 0.255 e. The van der Waals surface area contributed by atoms with Gasteiger partial charge >= 0.3 is 0 Å². The summed E-state index contributed by atoms with van der Waals surface area (Å²) in [6.07, 6.45) is 1.54. The van der Waals surface area contributed by atoms with Gasteiger partial charge in [-0.2, -0.15) is 0 Å². The molecule has 0 fully saturated rings. The molecule has 0 radical (unpaired) electrons. The van der Waals surface area contributed by atoms with Crippen LogP contribution in [0.5, 0.6) is 5.75 Å². The summed E-state index contributed by atoms with van der Waals surface area (Å²) in [6, 6.07) is 14.4. The van der Waals surface area contributed by atoms with Crippen molar-refractivity contribution < 1.29 is 13.9 Å². The van der Waals surface area contributed by atoms with Gasteiger partial charge in [-0.05, 0) is 48.0 Å². The molecule has 5 nitrogen and oxygen atoms in total. The van der Waals surface area contributed by atoms with Crippen LogP contribution in [-0.2, 0) is 6.54 Å². The number of hydrogen-bond acceptors (Lipinski definition) is 4. The van der Waals surface area contributed by atoms with Gasteiger partial charge in [0.05, 0.1) is 12.1 Å². The second kappa shape index (κ2) is 8.51. The van der Waals surface area contributed by atoms with Crippen LogP contribution in [0.15, 0.2) is 60.8 Å². The summed E-state index contributed by atoms with van der Waals surface area (Å²) in [4.78, 5) is 16.7. The largest absolute Gasteiger partial charge is 0.495 e. The van der Waals surface area contributed by atoms with Gasteiger partial charge in [0.1, 0.15) is 17.4 Å². The third kappa shape index (κ3) is 4.95. The van der Waals surface area contributed by atoms with Gasteiger partial charge in [0.25, 0.3) is 5.91 Å². The zero-order valence-corrected chi connectivity index (χ0v) is 15.3. The van der Waals surface area contributed by atoms with Gasteiger partial charge in [0.15, 0.2) is 0 Å². The average molecular weight is 386 g/mol. The number of methoxy groups -OCH3 is 1. The first kappa shape index (κ1) is 18.7. The molecule has 0 aliphatic heterocycles. The van der Waals surface area contributed by atoms with Crippen LogP contribution in [0, 0.1) is 5.82 Å². The van der Waals surface area contributed by atoms with Crippen LogP contribution >= 0.6 is 11.6 Å². The maximum atomic E-state index is 12.9. The number of aromatic nitrogens is 1. The number of ether oxygens (including phenoxy) is 1. The number of carbonyl (C=O) groups is 1. The van der Waals surface area contributed by atoms with Gasteiger partial charge in [-0.15, -0.1) is 0 Å². The molecule has 1 heterocycles. The van der Waals surface area contributed by atoms with E-state index in [4.69, 9.17) is 16.3 Å². The maximum absolute atomic E-state index is 12.9. The molecule has 0 bridgehead atoms. The number of hydrogen-bond donors (Lipinski definition) is 2. The van der Waals surface area contributed by atoms with Gasteiger partial charge in [0.2, 0.25) is 0 Å². The van der Waals surface area contributed by atoms with Gasteiger partial charge in [-0.3, -0.25) is 4.79 Å². The van der Waals surface area contributed by atoms with E-state index in [0.29, 0.717) is 34.4 Å². The molecule has 7 heteroatoms. The molecular formula is C20H17ClFN3O2. The number of nitrogens with one attached hydrogen (secondary N) is 2. The highest BCUT2D eigenvalue weighted by atomic mass is 35.5. The van der Waals surface area contributed by atoms with Crippen molar-refractivity contribution in [3.8, 4) is 5.75 Å². The summed E-state index contributed by atoms with van der Waals surface area (Å²) in [5.74, 6) is 0.503. The van der Waals surface area contributed by atoms with Crippen molar-refractivity contribution in [2.45, 2.75) is 6.54 Å². The molecule has 3 rings (SSSR count). The van der Waals surface area contributed by atoms with E-state index in [1.165, 1.54) is 19.2 Å². The first-order valence-corrected chi connectivity index (χ1v) is 8.52. The van der Waals surface area contributed by atoms with E-state index in [-0.39, 0.29) is 11.7 Å². The lowest BCUT2D eigenvalue weighted by Crippen LogP contribution is -2.13. The Morgan fingerprint density at radius 3 is 2.63 bits per heavy atom. The number of benzene rings is 2. The fraction of sp³-hybridized carbons (Fsp3) is 0.100. The maximum Gasteiger partial charge on any atom is 0.255 e. The minimum absolute atomic E-state index is 0.283. The molecule has 0 aliphatic rings. The van der Waals surface area contributed by atoms with Crippen molar-refractivity contribution in [3.05, 3.63) is 82.8 Å². The standard InChI is InChI=1S/C20H17ClFN3O2/c1-27-18-7-6-16(11-17(18)21)25-20(26)14-8-9-23-19(10-14)24-12-13-2-4-15(22)5-3-13/h2-11H,12H2,1H3,(H,23,24)(H,25,26). The lowest BCUT2D eigenvalue weighted by atomic mass is 10.2. The van der Waals surface area contributed by atoms with E-state index >= 15 is 0 Å². The Labute approximate surface area is 161 Å². The number of carbonyl (C=O) groups excluding carboxylic acids is 1. The molecule has 138 valence electrons. The molecular weight excluding hydrogens is 369 g/mol. The van der Waals surface area contributed by atoms with E-state index in [2.05, 4.69) is 15.6 Å². The van der Waals surface area contributed by atoms with Gasteiger partial charge < -0.3 is 15.4 Å². The second-order valence-electron chi connectivity index (χ2n) is 5.71. The second-order valence-corrected chi connectivity index (χ2v) is 6.12. The van der Waals surface area contributed by atoms with Crippen LogP contribution in [0.25, 0.3) is 0 Å². The lowest BCUT2D eigenvalue weighted by molar-refractivity contribution is 0.102. The van der Waals surface area contributed by atoms with Gasteiger partial charge in [-0.25, -0.2) is 9.37 Å². The molecule has 3 aromatic rings. The summed E-state index contributed by atoms with van der Waals surface area (Å²) in [5.41, 5.74) is 1.91. The van der Waals surface area contributed by atoms with Crippen LogP contribution in [0.4, 0.5) is 15.9 Å². The Morgan fingerprint density at radius 1 is 1.15 bits per heavy atom. The highest BCUT2D eigenvalue weighted by Gasteiger charge is 2.09. The fourth-order valence-electron chi connectivity index (χ4n) is 2.41. The molecule has 0 unspecified atom stereocenters. The molecule has 0 spiro atoms. The molecule has 2 aromatic carbocycles. The lowest BCUT2D eigenvalue weighted by Gasteiger charge is -2.10. The van der Waals surface area contributed by atoms with Crippen molar-refractivity contribution in [1.29, 1.82) is 0 Å². The van der Waals surface area contributed by atoms with Crippen molar-refractivity contribution in [2.75, 3.05) is 17.7 Å². The van der Waals surface area contributed by atoms with Crippen LogP contribution in [0.2, 0.25) is 5.02 Å². The molecule has 27 heavy (non-hydrogen) atoms. The number of halogens is 2. The van der Waals surface area contributed by atoms with E-state index in [0.717, 1.165) is 5.56 Å². The molecule has 1 amide bonds. The van der Waals surface area contributed by atoms with Crippen molar-refractivity contribution in [1.82, 2.24) is 4.98 Å². The zero-order valence-electron chi connectivity index (χ0n) is 14.5. The Morgan fingerprint density at radius 2 is 1.93 bits per heavy atom. The number of anilines is 2. The Balaban J connectivity index is 1.66. The Bertz CT molecular complexity index is 948. The normalized spacial score (nSPS) is 10.3. The van der Waals surface area contributed by atoms with E-state index in [1.54, 1.807) is 48.7 Å². The van der Waals surface area contributed by atoms with Crippen LogP contribution in [-0.4, -0.2) is 18.0 Å². The monoisotopic (exact) mass is 385 g/mol. The zero-order chi connectivity index (χ0) is 19.2. The number of nitrogens with zero attached hydrogens (tertiary/aromatic N) is 1. The number of amides is 1. The average Bonchev–Trinajstić information content (AvgIpc) is 2.68. The van der Waals surface area contributed by atoms with Crippen molar-refractivity contribution >= 4 is 29.0 Å². The highest BCUT2D eigenvalue weighted by Crippen LogP contribution is 2.27. The predicted molar refractivity (Wildman–Crippen MR) is 104 cm³/mol. The third-order valence-corrected chi connectivity index (χ3v) is 4.11. The number of rotatable bonds is 6. The molecule has 0 saturated heterocycles. The SMILES string of the molecule is COc1ccc(NC(=O)c2ccnc(NCc3ccc(F)cc3)c2)cc1Cl. The Hall–Kier alpha value is -3.12. The fourth-order valence-corrected chi connectivity index (χ4v) is 2.67. The predicted octanol–water partition coefficient (Wildman–Crippen LogP) is 4.75. The summed E-state index contributed by atoms with van der Waals surface area (Å²) >= 11 is 6.07. The third-order valence-electron chi connectivity index (χ3n) is 3.82. The van der Waals surface area contributed by atoms with E-state index in [9.17, 15) is 9.18 Å². The summed E-state index contributed by atoms with van der Waals surface area (Å²) in [7, 11) is 1.52. The van der Waals surface area contributed by atoms with Crippen LogP contribution in [0.3, 0.4) is 0 Å². The molecule has 1 aromatic heterocycles. The van der Waals surface area contributed by atoms with Gasteiger partial charge in [0, 0.05) is 24.0 Å². The molecule has 0 aliphatic carbocycles. The minimum Gasteiger partial charge on any atom is -0.495 e. The van der Waals surface area contributed by atoms with Crippen LogP contribution < -0.4 is 15.4 Å². The summed E-state index contributed by atoms with van der Waals surface area (Å²) < 4.78 is 18.0. The Kier molecular flexibility index (Phi) is 5.88. The first-order chi connectivity index (χ1) is 13.0. The molecule has 0 saturated carbocycles. The van der Waals surface area contributed by atoms with E-state index < -0.39 is 0 Å². The minimum atomic E-state index is -0.288. The van der Waals surface area contributed by atoms with E-state index in [1.807, 2.05) is 0 Å². The highest BCUT2D eigenvalue weighted by molar-refractivity contribution is 6.32. The van der Waals surface area contributed by atoms with Crippen molar-refractivity contribution in [2.24, 2.45) is 0 Å². The number of pyridine rings is 1. The van der Waals surface area contributed by atoms with Gasteiger partial charge in [-0.1, -0.05) is 23.7 Å². The van der Waals surface area contributed by atoms with Crippen molar-refractivity contribution in [3.63, 3.8) is 0 Å².